The molecule has 1 N–H and O–H groups in total. The fourth-order valence-electron chi connectivity index (χ4n) is 6.02. The molecule has 5 unspecified atom stereocenters. The van der Waals surface area contributed by atoms with Crippen molar-refractivity contribution in [2.45, 2.75) is 65.3 Å². The van der Waals surface area contributed by atoms with Gasteiger partial charge in [-0.3, -0.25) is 14.4 Å². The molecule has 1 aromatic carbocycles. The summed E-state index contributed by atoms with van der Waals surface area (Å²) < 4.78 is 0. The number of carbonyl (C=O) groups excluding carboxylic acids is 3. The van der Waals surface area contributed by atoms with Gasteiger partial charge in [-0.25, -0.2) is 0 Å². The quantitative estimate of drug-likeness (QED) is 0.506. The molecule has 5 atom stereocenters. The smallest absolute Gasteiger partial charge is 0.236 e. The molecule has 0 aromatic heterocycles. The summed E-state index contributed by atoms with van der Waals surface area (Å²) in [6, 6.07) is 9.80. The van der Waals surface area contributed by atoms with Crippen molar-refractivity contribution in [2.75, 3.05) is 0 Å². The molecule has 0 bridgehead atoms. The zero-order valence-electron chi connectivity index (χ0n) is 20.0. The summed E-state index contributed by atoms with van der Waals surface area (Å²) in [5.41, 5.74) is 1.25. The number of Topliss-reactive ketones (excluding diaryl/α,β-unsaturated/α-hetero) is 1. The van der Waals surface area contributed by atoms with E-state index in [0.717, 1.165) is 43.2 Å². The van der Waals surface area contributed by atoms with Crippen LogP contribution in [0.2, 0.25) is 0 Å². The van der Waals surface area contributed by atoms with E-state index in [1.807, 2.05) is 62.4 Å². The van der Waals surface area contributed by atoms with Crippen molar-refractivity contribution in [2.24, 2.45) is 23.2 Å². The first-order chi connectivity index (χ1) is 15.9. The Labute approximate surface area is 197 Å². The van der Waals surface area contributed by atoms with Crippen LogP contribution in [0.15, 0.2) is 65.8 Å². The van der Waals surface area contributed by atoms with Gasteiger partial charge in [-0.05, 0) is 62.7 Å². The maximum absolute atomic E-state index is 13.9. The van der Waals surface area contributed by atoms with Crippen LogP contribution in [0.1, 0.15) is 58.4 Å². The first-order valence-electron chi connectivity index (χ1n) is 12.3. The van der Waals surface area contributed by atoms with E-state index in [-0.39, 0.29) is 29.4 Å². The third kappa shape index (κ3) is 4.16. The van der Waals surface area contributed by atoms with Crippen LogP contribution in [0.5, 0.6) is 0 Å². The number of carbonyl (C=O) groups is 3. The Morgan fingerprint density at radius 1 is 1.03 bits per heavy atom. The second-order valence-electron chi connectivity index (χ2n) is 10.1. The molecule has 174 valence electrons. The number of hydrogen-bond acceptors (Lipinski definition) is 3. The van der Waals surface area contributed by atoms with Crippen LogP contribution in [0.4, 0.5) is 0 Å². The zero-order chi connectivity index (χ0) is 23.6. The molecule has 1 spiro atoms. The van der Waals surface area contributed by atoms with E-state index in [4.69, 9.17) is 0 Å². The van der Waals surface area contributed by atoms with E-state index in [1.54, 1.807) is 6.08 Å². The lowest BCUT2D eigenvalue weighted by molar-refractivity contribution is -0.146. The fourth-order valence-corrected chi connectivity index (χ4v) is 6.02. The second kappa shape index (κ2) is 9.62. The van der Waals surface area contributed by atoms with Crippen LogP contribution >= 0.6 is 0 Å². The van der Waals surface area contributed by atoms with E-state index in [2.05, 4.69) is 12.2 Å². The van der Waals surface area contributed by atoms with Gasteiger partial charge in [-0.1, -0.05) is 73.9 Å². The molecule has 1 heterocycles. The number of benzene rings is 1. The van der Waals surface area contributed by atoms with Crippen molar-refractivity contribution in [3.05, 3.63) is 71.3 Å². The molecule has 3 aliphatic rings. The van der Waals surface area contributed by atoms with Crippen LogP contribution in [-0.4, -0.2) is 23.5 Å². The van der Waals surface area contributed by atoms with E-state index in [0.29, 0.717) is 17.9 Å². The highest BCUT2D eigenvalue weighted by Gasteiger charge is 2.66. The Kier molecular flexibility index (Phi) is 6.83. The molecule has 4 rings (SSSR count). The molecule has 4 nitrogen and oxygen atoms in total. The van der Waals surface area contributed by atoms with Gasteiger partial charge in [0.25, 0.3) is 0 Å². The third-order valence-corrected chi connectivity index (χ3v) is 7.95. The van der Waals surface area contributed by atoms with E-state index < -0.39 is 11.3 Å². The van der Waals surface area contributed by atoms with Gasteiger partial charge >= 0.3 is 0 Å². The minimum absolute atomic E-state index is 0.0974. The van der Waals surface area contributed by atoms with E-state index in [9.17, 15) is 14.4 Å². The minimum Gasteiger partial charge on any atom is -0.351 e. The van der Waals surface area contributed by atoms with Crippen LogP contribution in [0, 0.1) is 23.2 Å². The standard InChI is InChI=1S/C29H35NO3/c1-19-12-7-4-5-10-17-25(31)29-23(16-11-13-19)27(32)21(3)20(2)26(29)24(30-28(29)33)18-22-14-8-6-9-15-22/h6,8-11,14-17,19,23-24,26H,4-5,7,12-13,18H2,1-3H3,(H,30,33)/b16-11+,17-10-. The average Bonchev–Trinajstić information content (AvgIpc) is 3.09. The third-order valence-electron chi connectivity index (χ3n) is 7.95. The van der Waals surface area contributed by atoms with Crippen molar-refractivity contribution in [3.63, 3.8) is 0 Å². The molecule has 0 saturated carbocycles. The zero-order valence-corrected chi connectivity index (χ0v) is 20.0. The van der Waals surface area contributed by atoms with Gasteiger partial charge in [0.15, 0.2) is 11.6 Å². The van der Waals surface area contributed by atoms with E-state index in [1.165, 1.54) is 0 Å². The molecule has 1 fully saturated rings. The first-order valence-corrected chi connectivity index (χ1v) is 12.3. The molecular formula is C29H35NO3. The van der Waals surface area contributed by atoms with Gasteiger partial charge in [0, 0.05) is 12.0 Å². The molecule has 1 aliphatic heterocycles. The Bertz CT molecular complexity index is 1020. The average molecular weight is 446 g/mol. The lowest BCUT2D eigenvalue weighted by Crippen LogP contribution is -2.53. The molecule has 4 heteroatoms. The second-order valence-corrected chi connectivity index (χ2v) is 10.1. The van der Waals surface area contributed by atoms with Crippen LogP contribution < -0.4 is 5.32 Å². The highest BCUT2D eigenvalue weighted by Crippen LogP contribution is 2.53. The lowest BCUT2D eigenvalue weighted by atomic mass is 9.55. The number of rotatable bonds is 2. The normalized spacial score (nSPS) is 34.9. The summed E-state index contributed by atoms with van der Waals surface area (Å²) >= 11 is 0. The maximum Gasteiger partial charge on any atom is 0.236 e. The summed E-state index contributed by atoms with van der Waals surface area (Å²) in [7, 11) is 0. The largest absolute Gasteiger partial charge is 0.351 e. The van der Waals surface area contributed by atoms with Crippen LogP contribution in [0.3, 0.4) is 0 Å². The molecule has 0 radical (unpaired) electrons. The van der Waals surface area contributed by atoms with Gasteiger partial charge in [0.2, 0.25) is 5.91 Å². The summed E-state index contributed by atoms with van der Waals surface area (Å²) in [5, 5.41) is 3.16. The Balaban J connectivity index is 1.84. The first kappa shape index (κ1) is 23.4. The minimum atomic E-state index is -1.41. The molecule has 1 amide bonds. The Morgan fingerprint density at radius 3 is 2.55 bits per heavy atom. The topological polar surface area (TPSA) is 63.2 Å². The van der Waals surface area contributed by atoms with Crippen molar-refractivity contribution in [3.8, 4) is 0 Å². The highest BCUT2D eigenvalue weighted by molar-refractivity contribution is 6.19. The summed E-state index contributed by atoms with van der Waals surface area (Å²) in [4.78, 5) is 41.2. The number of hydrogen-bond donors (Lipinski definition) is 1. The van der Waals surface area contributed by atoms with Crippen molar-refractivity contribution < 1.29 is 14.4 Å². The number of nitrogens with one attached hydrogen (secondary N) is 1. The van der Waals surface area contributed by atoms with Gasteiger partial charge in [0.05, 0.1) is 5.92 Å². The van der Waals surface area contributed by atoms with Crippen LogP contribution in [0.25, 0.3) is 0 Å². The SMILES string of the molecule is CC1=C(C)C2C(Cc3ccccc3)NC(=O)C23C(=O)/C=C\CCCCC(C)C/C=C/C3C1=O. The number of allylic oxidation sites excluding steroid dienone is 5. The molecule has 2 aliphatic carbocycles. The number of amides is 1. The maximum atomic E-state index is 13.9. The van der Waals surface area contributed by atoms with Crippen molar-refractivity contribution in [1.82, 2.24) is 5.32 Å². The van der Waals surface area contributed by atoms with Crippen LogP contribution in [-0.2, 0) is 20.8 Å². The van der Waals surface area contributed by atoms with Gasteiger partial charge in [-0.2, -0.15) is 0 Å². The van der Waals surface area contributed by atoms with Crippen molar-refractivity contribution in [1.29, 1.82) is 0 Å². The molecule has 1 aromatic rings. The van der Waals surface area contributed by atoms with Gasteiger partial charge < -0.3 is 5.32 Å². The molecular weight excluding hydrogens is 410 g/mol. The monoisotopic (exact) mass is 445 g/mol. The van der Waals surface area contributed by atoms with Gasteiger partial charge in [0.1, 0.15) is 5.41 Å². The summed E-state index contributed by atoms with van der Waals surface area (Å²) in [6.45, 7) is 6.00. The predicted molar refractivity (Wildman–Crippen MR) is 130 cm³/mol. The van der Waals surface area contributed by atoms with Crippen molar-refractivity contribution >= 4 is 17.5 Å². The molecule has 1 saturated heterocycles. The number of ketones is 2. The lowest BCUT2D eigenvalue weighted by Gasteiger charge is -2.42. The summed E-state index contributed by atoms with van der Waals surface area (Å²) in [5.74, 6) is -1.24. The van der Waals surface area contributed by atoms with Gasteiger partial charge in [-0.15, -0.1) is 0 Å². The Hall–Kier alpha value is -2.75. The van der Waals surface area contributed by atoms with E-state index >= 15 is 0 Å². The predicted octanol–water partition coefficient (Wildman–Crippen LogP) is 5.15. The fraction of sp³-hybridized carbons (Fsp3) is 0.483. The summed E-state index contributed by atoms with van der Waals surface area (Å²) in [6.07, 6.45) is 12.9. The molecule has 33 heavy (non-hydrogen) atoms. The Morgan fingerprint density at radius 2 is 1.79 bits per heavy atom. The highest BCUT2D eigenvalue weighted by atomic mass is 16.2.